The van der Waals surface area contributed by atoms with Gasteiger partial charge in [0.2, 0.25) is 15.9 Å². The Kier molecular flexibility index (Phi) is 7.02. The van der Waals surface area contributed by atoms with Gasteiger partial charge >= 0.3 is 0 Å². The quantitative estimate of drug-likeness (QED) is 0.807. The van der Waals surface area contributed by atoms with Crippen molar-refractivity contribution in [2.45, 2.75) is 46.0 Å². The summed E-state index contributed by atoms with van der Waals surface area (Å²) in [6.07, 6.45) is 2.94. The zero-order valence-corrected chi connectivity index (χ0v) is 16.3. The number of amides is 1. The summed E-state index contributed by atoms with van der Waals surface area (Å²) in [5.41, 5.74) is 2.12. The molecule has 25 heavy (non-hydrogen) atoms. The highest BCUT2D eigenvalue weighted by atomic mass is 32.2. The predicted molar refractivity (Wildman–Crippen MR) is 101 cm³/mol. The number of benzene rings is 1. The molecule has 1 aliphatic rings. The van der Waals surface area contributed by atoms with E-state index in [1.54, 1.807) is 4.31 Å². The van der Waals surface area contributed by atoms with Crippen molar-refractivity contribution in [2.24, 2.45) is 5.92 Å². The molecule has 0 aromatic heterocycles. The van der Waals surface area contributed by atoms with Crippen molar-refractivity contribution in [3.05, 3.63) is 35.4 Å². The number of rotatable bonds is 7. The lowest BCUT2D eigenvalue weighted by Crippen LogP contribution is -2.41. The Morgan fingerprint density at radius 2 is 1.72 bits per heavy atom. The van der Waals surface area contributed by atoms with Gasteiger partial charge in [-0.2, -0.15) is 0 Å². The van der Waals surface area contributed by atoms with Crippen LogP contribution in [-0.2, 0) is 14.8 Å². The van der Waals surface area contributed by atoms with Gasteiger partial charge in [0, 0.05) is 19.6 Å². The smallest absolute Gasteiger partial charge is 0.227 e. The standard InChI is InChI=1S/C19H30N2O3S/c1-15(2)18(17-9-7-16(3)8-10-17)19(22)20-11-14-25(23,24)21-12-5-4-6-13-21/h7-10,15,18H,4-6,11-14H2,1-3H3,(H,20,22). The van der Waals surface area contributed by atoms with Gasteiger partial charge in [0.1, 0.15) is 0 Å². The Morgan fingerprint density at radius 3 is 2.28 bits per heavy atom. The second-order valence-corrected chi connectivity index (χ2v) is 9.29. The molecule has 1 aromatic carbocycles. The lowest BCUT2D eigenvalue weighted by molar-refractivity contribution is -0.123. The number of aryl methyl sites for hydroxylation is 1. The molecule has 5 nitrogen and oxygen atoms in total. The number of piperidine rings is 1. The van der Waals surface area contributed by atoms with Crippen LogP contribution in [0.2, 0.25) is 0 Å². The third-order valence-electron chi connectivity index (χ3n) is 4.75. The molecule has 0 saturated carbocycles. The van der Waals surface area contributed by atoms with Crippen LogP contribution in [-0.4, -0.2) is 44.0 Å². The summed E-state index contributed by atoms with van der Waals surface area (Å²) in [6.45, 7) is 7.40. The Labute approximate surface area is 151 Å². The van der Waals surface area contributed by atoms with Crippen LogP contribution >= 0.6 is 0 Å². The van der Waals surface area contributed by atoms with E-state index in [1.807, 2.05) is 45.0 Å². The van der Waals surface area contributed by atoms with Gasteiger partial charge in [-0.25, -0.2) is 12.7 Å². The summed E-state index contributed by atoms with van der Waals surface area (Å²) in [5.74, 6) is -0.260. The van der Waals surface area contributed by atoms with E-state index >= 15 is 0 Å². The fourth-order valence-corrected chi connectivity index (χ4v) is 4.73. The van der Waals surface area contributed by atoms with Gasteiger partial charge in [-0.1, -0.05) is 50.1 Å². The second-order valence-electron chi connectivity index (χ2n) is 7.20. The number of sulfonamides is 1. The van der Waals surface area contributed by atoms with E-state index in [4.69, 9.17) is 0 Å². The average Bonchev–Trinajstić information content (AvgIpc) is 2.57. The fourth-order valence-electron chi connectivity index (χ4n) is 3.30. The summed E-state index contributed by atoms with van der Waals surface area (Å²) in [4.78, 5) is 12.6. The normalized spacial score (nSPS) is 17.4. The van der Waals surface area contributed by atoms with Gasteiger partial charge < -0.3 is 5.32 Å². The number of nitrogens with one attached hydrogen (secondary N) is 1. The predicted octanol–water partition coefficient (Wildman–Crippen LogP) is 2.67. The lowest BCUT2D eigenvalue weighted by Gasteiger charge is -2.26. The molecule has 1 amide bonds. The fraction of sp³-hybridized carbons (Fsp3) is 0.632. The van der Waals surface area contributed by atoms with E-state index in [1.165, 1.54) is 0 Å². The molecule has 1 unspecified atom stereocenters. The topological polar surface area (TPSA) is 66.5 Å². The maximum atomic E-state index is 12.6. The number of hydrogen-bond donors (Lipinski definition) is 1. The van der Waals surface area contributed by atoms with E-state index in [-0.39, 0.29) is 30.0 Å². The molecule has 6 heteroatoms. The van der Waals surface area contributed by atoms with Crippen LogP contribution in [0, 0.1) is 12.8 Å². The molecule has 0 spiro atoms. The van der Waals surface area contributed by atoms with Crippen LogP contribution in [0.3, 0.4) is 0 Å². The van der Waals surface area contributed by atoms with Gasteiger partial charge in [-0.05, 0) is 31.2 Å². The van der Waals surface area contributed by atoms with Crippen LogP contribution in [0.25, 0.3) is 0 Å². The molecule has 1 N–H and O–H groups in total. The third-order valence-corrected chi connectivity index (χ3v) is 6.63. The van der Waals surface area contributed by atoms with Crippen molar-refractivity contribution < 1.29 is 13.2 Å². The van der Waals surface area contributed by atoms with Crippen LogP contribution < -0.4 is 5.32 Å². The average molecular weight is 367 g/mol. The van der Waals surface area contributed by atoms with Gasteiger partial charge in [0.25, 0.3) is 0 Å². The van der Waals surface area contributed by atoms with Crippen LogP contribution in [0.15, 0.2) is 24.3 Å². The lowest BCUT2D eigenvalue weighted by atomic mass is 9.87. The van der Waals surface area contributed by atoms with Crippen LogP contribution in [0.1, 0.15) is 50.2 Å². The summed E-state index contributed by atoms with van der Waals surface area (Å²) < 4.78 is 26.3. The van der Waals surface area contributed by atoms with E-state index in [0.717, 1.165) is 30.4 Å². The van der Waals surface area contributed by atoms with Crippen molar-refractivity contribution in [3.63, 3.8) is 0 Å². The number of carbonyl (C=O) groups excluding carboxylic acids is 1. The largest absolute Gasteiger partial charge is 0.354 e. The molecule has 0 bridgehead atoms. The van der Waals surface area contributed by atoms with Crippen molar-refractivity contribution in [2.75, 3.05) is 25.4 Å². The minimum atomic E-state index is -3.28. The number of nitrogens with zero attached hydrogens (tertiary/aromatic N) is 1. The summed E-state index contributed by atoms with van der Waals surface area (Å²) in [6, 6.07) is 7.95. The molecular formula is C19H30N2O3S. The van der Waals surface area contributed by atoms with E-state index < -0.39 is 10.0 Å². The molecule has 1 aliphatic heterocycles. The van der Waals surface area contributed by atoms with Crippen molar-refractivity contribution in [3.8, 4) is 0 Å². The van der Waals surface area contributed by atoms with Gasteiger partial charge in [-0.3, -0.25) is 4.79 Å². The van der Waals surface area contributed by atoms with Crippen molar-refractivity contribution >= 4 is 15.9 Å². The Morgan fingerprint density at radius 1 is 1.12 bits per heavy atom. The first kappa shape index (κ1) is 19.9. The first-order valence-corrected chi connectivity index (χ1v) is 10.7. The molecule has 140 valence electrons. The maximum absolute atomic E-state index is 12.6. The third kappa shape index (κ3) is 5.54. The van der Waals surface area contributed by atoms with Gasteiger partial charge in [0.05, 0.1) is 11.7 Å². The molecule has 1 saturated heterocycles. The maximum Gasteiger partial charge on any atom is 0.227 e. The zero-order valence-electron chi connectivity index (χ0n) is 15.5. The molecule has 1 aromatic rings. The molecular weight excluding hydrogens is 336 g/mol. The summed E-state index contributed by atoms with van der Waals surface area (Å²) >= 11 is 0. The summed E-state index contributed by atoms with van der Waals surface area (Å²) in [5, 5.41) is 2.83. The van der Waals surface area contributed by atoms with Gasteiger partial charge in [-0.15, -0.1) is 0 Å². The first-order chi connectivity index (χ1) is 11.8. The molecule has 0 aliphatic carbocycles. The molecule has 2 rings (SSSR count). The number of carbonyl (C=O) groups is 1. The van der Waals surface area contributed by atoms with E-state index in [9.17, 15) is 13.2 Å². The van der Waals surface area contributed by atoms with Crippen molar-refractivity contribution in [1.82, 2.24) is 9.62 Å². The summed E-state index contributed by atoms with van der Waals surface area (Å²) in [7, 11) is -3.28. The minimum absolute atomic E-state index is 0.0303. The highest BCUT2D eigenvalue weighted by Crippen LogP contribution is 2.25. The van der Waals surface area contributed by atoms with E-state index in [0.29, 0.717) is 13.1 Å². The Hall–Kier alpha value is -1.40. The number of hydrogen-bond acceptors (Lipinski definition) is 3. The van der Waals surface area contributed by atoms with Crippen LogP contribution in [0.4, 0.5) is 0 Å². The second kappa shape index (κ2) is 8.81. The Balaban J connectivity index is 1.94. The van der Waals surface area contributed by atoms with Gasteiger partial charge in [0.15, 0.2) is 0 Å². The van der Waals surface area contributed by atoms with Crippen LogP contribution in [0.5, 0.6) is 0 Å². The zero-order chi connectivity index (χ0) is 18.4. The molecule has 1 atom stereocenters. The molecule has 1 fully saturated rings. The first-order valence-electron chi connectivity index (χ1n) is 9.13. The monoisotopic (exact) mass is 366 g/mol. The minimum Gasteiger partial charge on any atom is -0.354 e. The highest BCUT2D eigenvalue weighted by molar-refractivity contribution is 7.89. The molecule has 0 radical (unpaired) electrons. The highest BCUT2D eigenvalue weighted by Gasteiger charge is 2.26. The van der Waals surface area contributed by atoms with Crippen molar-refractivity contribution in [1.29, 1.82) is 0 Å². The SMILES string of the molecule is Cc1ccc(C(C(=O)NCCS(=O)(=O)N2CCCCC2)C(C)C)cc1. The Bertz CT molecular complexity index is 662. The van der Waals surface area contributed by atoms with E-state index in [2.05, 4.69) is 5.32 Å². The molecule has 1 heterocycles.